The highest BCUT2D eigenvalue weighted by Gasteiger charge is 2.41. The molecule has 11 nitrogen and oxygen atoms in total. The maximum Gasteiger partial charge on any atom is 0.411 e. The molecule has 244 valence electrons. The van der Waals surface area contributed by atoms with Crippen molar-refractivity contribution in [1.29, 1.82) is 5.26 Å². The lowest BCUT2D eigenvalue weighted by Gasteiger charge is -2.29. The Morgan fingerprint density at radius 3 is 2.49 bits per heavy atom. The normalized spacial score (nSPS) is 15.1. The van der Waals surface area contributed by atoms with Crippen molar-refractivity contribution >= 4 is 55.8 Å². The van der Waals surface area contributed by atoms with Gasteiger partial charge in [0.25, 0.3) is 0 Å². The summed E-state index contributed by atoms with van der Waals surface area (Å²) in [5.41, 5.74) is 1.15. The molecule has 1 aromatic heterocycles. The molecule has 0 saturated carbocycles. The number of esters is 1. The number of likely N-dealkylation sites (tertiary alicyclic amines) is 1. The number of nitrogens with zero attached hydrogens (tertiary/aromatic N) is 3. The van der Waals surface area contributed by atoms with Crippen molar-refractivity contribution in [3.8, 4) is 6.07 Å². The summed E-state index contributed by atoms with van der Waals surface area (Å²) in [5.74, 6) is -1.01. The van der Waals surface area contributed by atoms with E-state index in [-0.39, 0.29) is 36.9 Å². The number of nitrogens with one attached hydrogen (secondary N) is 1. The average molecular weight is 675 g/mol. The number of carbonyl (C=O) groups excluding carboxylic acids is 3. The number of carbonyl (C=O) groups is 3. The molecule has 0 radical (unpaired) electrons. The van der Waals surface area contributed by atoms with Gasteiger partial charge in [0, 0.05) is 25.2 Å². The van der Waals surface area contributed by atoms with Crippen LogP contribution in [0.15, 0.2) is 83.1 Å². The second-order valence-electron chi connectivity index (χ2n) is 12.1. The van der Waals surface area contributed by atoms with Crippen molar-refractivity contribution in [3.05, 3.63) is 94.2 Å². The van der Waals surface area contributed by atoms with E-state index in [1.54, 1.807) is 56.5 Å². The Labute approximate surface area is 277 Å². The van der Waals surface area contributed by atoms with Crippen LogP contribution in [0.2, 0.25) is 0 Å². The van der Waals surface area contributed by atoms with Gasteiger partial charge in [0.15, 0.2) is 0 Å². The fraction of sp³-hybridized carbons (Fsp3) is 0.294. The van der Waals surface area contributed by atoms with Gasteiger partial charge in [-0.05, 0) is 78.4 Å². The van der Waals surface area contributed by atoms with Crippen molar-refractivity contribution in [3.63, 3.8) is 0 Å². The number of hydrogen-bond donors (Lipinski definition) is 1. The third-order valence-corrected chi connectivity index (χ3v) is 10.1. The van der Waals surface area contributed by atoms with Crippen molar-refractivity contribution in [2.24, 2.45) is 0 Å². The molecule has 0 aliphatic carbocycles. The number of fused-ring (bicyclic) bond motifs is 1. The van der Waals surface area contributed by atoms with E-state index in [1.165, 1.54) is 28.4 Å². The van der Waals surface area contributed by atoms with Gasteiger partial charge in [0.2, 0.25) is 15.9 Å². The average Bonchev–Trinajstić information content (AvgIpc) is 3.63. The number of thiophene rings is 1. The largest absolute Gasteiger partial charge is 0.459 e. The minimum atomic E-state index is -4.32. The molecule has 2 heterocycles. The maximum atomic E-state index is 14.2. The minimum absolute atomic E-state index is 0.0609. The number of ether oxygens (including phenoxy) is 2. The molecule has 1 saturated heterocycles. The third kappa shape index (κ3) is 8.53. The number of hydrogen-bond acceptors (Lipinski definition) is 9. The zero-order valence-electron chi connectivity index (χ0n) is 26.1. The molecule has 0 bridgehead atoms. The molecule has 0 unspecified atom stereocenters. The number of benzene rings is 3. The van der Waals surface area contributed by atoms with Gasteiger partial charge in [-0.15, -0.1) is 11.3 Å². The van der Waals surface area contributed by atoms with E-state index in [1.807, 2.05) is 30.3 Å². The van der Waals surface area contributed by atoms with Crippen molar-refractivity contribution in [1.82, 2.24) is 9.21 Å². The monoisotopic (exact) mass is 674 g/mol. The molecule has 1 atom stereocenters. The summed E-state index contributed by atoms with van der Waals surface area (Å²) in [6.45, 7) is 4.84. The third-order valence-electron chi connectivity index (χ3n) is 7.32. The summed E-state index contributed by atoms with van der Waals surface area (Å²) in [7, 11) is -4.32. The topological polar surface area (TPSA) is 146 Å². The molecule has 47 heavy (non-hydrogen) atoms. The van der Waals surface area contributed by atoms with E-state index >= 15 is 0 Å². The van der Waals surface area contributed by atoms with Crippen LogP contribution >= 0.6 is 11.3 Å². The number of amides is 2. The Bertz CT molecular complexity index is 1950. The zero-order valence-corrected chi connectivity index (χ0v) is 27.8. The molecule has 0 spiro atoms. The first kappa shape index (κ1) is 33.6. The van der Waals surface area contributed by atoms with Crippen LogP contribution in [0.1, 0.15) is 43.2 Å². The van der Waals surface area contributed by atoms with Crippen LogP contribution in [-0.2, 0) is 42.2 Å². The Morgan fingerprint density at radius 1 is 1.04 bits per heavy atom. The quantitative estimate of drug-likeness (QED) is 0.212. The summed E-state index contributed by atoms with van der Waals surface area (Å²) in [5, 5.41) is 14.9. The molecular weight excluding hydrogens is 641 g/mol. The molecular formula is C34H34N4O7S2. The first-order valence-corrected chi connectivity index (χ1v) is 17.1. The highest BCUT2D eigenvalue weighted by atomic mass is 32.2. The summed E-state index contributed by atoms with van der Waals surface area (Å²) in [4.78, 5) is 40.4. The van der Waals surface area contributed by atoms with E-state index in [0.717, 1.165) is 20.8 Å². The van der Waals surface area contributed by atoms with Crippen LogP contribution < -0.4 is 5.32 Å². The van der Waals surface area contributed by atoms with Crippen LogP contribution in [0.5, 0.6) is 0 Å². The van der Waals surface area contributed by atoms with Gasteiger partial charge in [0.05, 0.1) is 10.9 Å². The number of nitriles is 1. The van der Waals surface area contributed by atoms with Crippen LogP contribution in [0.4, 0.5) is 10.5 Å². The van der Waals surface area contributed by atoms with Crippen LogP contribution in [-0.4, -0.2) is 60.3 Å². The Morgan fingerprint density at radius 2 is 1.79 bits per heavy atom. The van der Waals surface area contributed by atoms with E-state index < -0.39 is 40.3 Å². The smallest absolute Gasteiger partial charge is 0.411 e. The van der Waals surface area contributed by atoms with Gasteiger partial charge in [-0.2, -0.15) is 9.57 Å². The molecule has 1 aliphatic heterocycles. The molecule has 1 N–H and O–H groups in total. The van der Waals surface area contributed by atoms with E-state index in [4.69, 9.17) is 14.7 Å². The Balaban J connectivity index is 1.38. The molecule has 1 aliphatic rings. The first-order chi connectivity index (χ1) is 22.3. The van der Waals surface area contributed by atoms with Gasteiger partial charge in [-0.1, -0.05) is 42.5 Å². The lowest BCUT2D eigenvalue weighted by atomic mass is 10.1. The predicted molar refractivity (Wildman–Crippen MR) is 177 cm³/mol. The second-order valence-corrected chi connectivity index (χ2v) is 14.9. The molecule has 2 amide bonds. The van der Waals surface area contributed by atoms with Crippen LogP contribution in [0, 0.1) is 11.3 Å². The fourth-order valence-corrected chi connectivity index (χ4v) is 7.51. The highest BCUT2D eigenvalue weighted by molar-refractivity contribution is 7.89. The standard InChI is InChI=1S/C34H34N4O7S2/c1-34(2,3)45-32(40)20-38(28-16-31(39)37(19-28)18-24-13-29(17-35)46-22-24)47(42,43)30-12-10-25-9-11-27(14-26(25)15-30)36-33(41)44-21-23-7-5-4-6-8-23/h4-15,22,28H,16,18-21H2,1-3H3,(H,36,41)/t28-/m0/s1. The fourth-order valence-electron chi connectivity index (χ4n) is 5.22. The van der Waals surface area contributed by atoms with Gasteiger partial charge < -0.3 is 14.4 Å². The number of sulfonamides is 1. The number of anilines is 1. The molecule has 3 aromatic carbocycles. The SMILES string of the molecule is CC(C)(C)OC(=O)CN([C@H]1CC(=O)N(Cc2csc(C#N)c2)C1)S(=O)(=O)c1ccc2ccc(NC(=O)OCc3ccccc3)cc2c1. The minimum Gasteiger partial charge on any atom is -0.459 e. The van der Waals surface area contributed by atoms with Gasteiger partial charge in [-0.3, -0.25) is 14.9 Å². The molecule has 13 heteroatoms. The molecule has 1 fully saturated rings. The zero-order chi connectivity index (χ0) is 33.8. The highest BCUT2D eigenvalue weighted by Crippen LogP contribution is 2.29. The first-order valence-electron chi connectivity index (χ1n) is 14.8. The van der Waals surface area contributed by atoms with E-state index in [0.29, 0.717) is 16.0 Å². The lowest BCUT2D eigenvalue weighted by Crippen LogP contribution is -2.46. The summed E-state index contributed by atoms with van der Waals surface area (Å²) in [6, 6.07) is 21.8. The van der Waals surface area contributed by atoms with Crippen molar-refractivity contribution in [2.75, 3.05) is 18.4 Å². The van der Waals surface area contributed by atoms with Crippen LogP contribution in [0.25, 0.3) is 10.8 Å². The van der Waals surface area contributed by atoms with E-state index in [2.05, 4.69) is 11.4 Å². The van der Waals surface area contributed by atoms with Gasteiger partial charge in [0.1, 0.15) is 29.7 Å². The summed E-state index contributed by atoms with van der Waals surface area (Å²) in [6.07, 6.45) is -0.786. The van der Waals surface area contributed by atoms with Crippen LogP contribution in [0.3, 0.4) is 0 Å². The van der Waals surface area contributed by atoms with Crippen molar-refractivity contribution < 1.29 is 32.3 Å². The lowest BCUT2D eigenvalue weighted by molar-refractivity contribution is -0.155. The summed E-state index contributed by atoms with van der Waals surface area (Å²) < 4.78 is 40.3. The Hall–Kier alpha value is -4.77. The Kier molecular flexibility index (Phi) is 9.95. The number of rotatable bonds is 10. The maximum absolute atomic E-state index is 14.2. The summed E-state index contributed by atoms with van der Waals surface area (Å²) >= 11 is 1.27. The predicted octanol–water partition coefficient (Wildman–Crippen LogP) is 5.66. The van der Waals surface area contributed by atoms with Gasteiger partial charge in [-0.25, -0.2) is 13.2 Å². The molecule has 4 aromatic rings. The molecule has 5 rings (SSSR count). The van der Waals surface area contributed by atoms with E-state index in [9.17, 15) is 22.8 Å². The van der Waals surface area contributed by atoms with Crippen molar-refractivity contribution in [2.45, 2.75) is 56.9 Å². The van der Waals surface area contributed by atoms with Gasteiger partial charge >= 0.3 is 12.1 Å². The second kappa shape index (κ2) is 13.9.